The maximum atomic E-state index is 13.4. The Kier molecular flexibility index (Phi) is 5.63. The molecule has 2 aliphatic rings. The number of hydrogen-bond acceptors (Lipinski definition) is 3. The van der Waals surface area contributed by atoms with Gasteiger partial charge >= 0.3 is 0 Å². The van der Waals surface area contributed by atoms with Crippen molar-refractivity contribution in [2.75, 3.05) is 19.6 Å². The summed E-state index contributed by atoms with van der Waals surface area (Å²) < 4.78 is 13.4. The minimum atomic E-state index is -0.637. The molecule has 0 bridgehead atoms. The third kappa shape index (κ3) is 4.07. The van der Waals surface area contributed by atoms with E-state index in [0.29, 0.717) is 30.2 Å². The molecular formula is C19H29FN4O2. The first-order chi connectivity index (χ1) is 12.4. The van der Waals surface area contributed by atoms with Gasteiger partial charge in [0.25, 0.3) is 5.91 Å². The van der Waals surface area contributed by atoms with Gasteiger partial charge in [-0.3, -0.25) is 14.7 Å². The number of aromatic nitrogens is 2. The predicted molar refractivity (Wildman–Crippen MR) is 95.8 cm³/mol. The van der Waals surface area contributed by atoms with Gasteiger partial charge in [-0.2, -0.15) is 5.10 Å². The number of nitrogens with zero attached hydrogens (tertiary/aromatic N) is 2. The summed E-state index contributed by atoms with van der Waals surface area (Å²) in [4.78, 5) is 26.5. The number of carbonyl (C=O) groups is 2. The van der Waals surface area contributed by atoms with E-state index in [1.54, 1.807) is 0 Å². The Labute approximate surface area is 153 Å². The number of carbonyl (C=O) groups excluding carboxylic acids is 2. The van der Waals surface area contributed by atoms with Gasteiger partial charge in [0.15, 0.2) is 11.5 Å². The summed E-state index contributed by atoms with van der Waals surface area (Å²) in [6.07, 6.45) is 3.96. The summed E-state index contributed by atoms with van der Waals surface area (Å²) in [5.41, 5.74) is -0.123. The molecular weight excluding hydrogens is 335 g/mol. The highest BCUT2D eigenvalue weighted by molar-refractivity contribution is 5.92. The van der Waals surface area contributed by atoms with E-state index in [1.807, 2.05) is 4.90 Å². The maximum absolute atomic E-state index is 13.4. The van der Waals surface area contributed by atoms with E-state index >= 15 is 0 Å². The quantitative estimate of drug-likeness (QED) is 0.814. The molecule has 0 radical (unpaired) electrons. The Hall–Kier alpha value is -1.92. The van der Waals surface area contributed by atoms with Crippen molar-refractivity contribution < 1.29 is 14.0 Å². The average Bonchev–Trinajstić information content (AvgIpc) is 3.33. The van der Waals surface area contributed by atoms with Gasteiger partial charge in [-0.25, -0.2) is 4.39 Å². The predicted octanol–water partition coefficient (Wildman–Crippen LogP) is 2.45. The van der Waals surface area contributed by atoms with Crippen LogP contribution in [-0.4, -0.2) is 46.5 Å². The highest BCUT2D eigenvalue weighted by atomic mass is 19.1. The number of halogens is 1. The van der Waals surface area contributed by atoms with Crippen molar-refractivity contribution in [1.29, 1.82) is 0 Å². The van der Waals surface area contributed by atoms with Crippen LogP contribution in [0.1, 0.15) is 50.5 Å². The largest absolute Gasteiger partial charge is 0.350 e. The molecule has 7 heteroatoms. The Balaban J connectivity index is 1.41. The molecule has 1 saturated heterocycles. The fourth-order valence-electron chi connectivity index (χ4n) is 4.10. The second-order valence-corrected chi connectivity index (χ2v) is 8.19. The van der Waals surface area contributed by atoms with E-state index in [-0.39, 0.29) is 17.5 Å². The first-order valence-corrected chi connectivity index (χ1v) is 9.64. The topological polar surface area (TPSA) is 78.1 Å². The molecule has 2 amide bonds. The van der Waals surface area contributed by atoms with Gasteiger partial charge in [0.1, 0.15) is 0 Å². The summed E-state index contributed by atoms with van der Waals surface area (Å²) in [6, 6.07) is 0. The molecule has 6 nitrogen and oxygen atoms in total. The number of amides is 2. The van der Waals surface area contributed by atoms with Crippen LogP contribution >= 0.6 is 0 Å². The van der Waals surface area contributed by atoms with Crippen LogP contribution in [0.5, 0.6) is 0 Å². The van der Waals surface area contributed by atoms with Crippen molar-refractivity contribution in [2.45, 2.75) is 40.0 Å². The molecule has 1 saturated carbocycles. The Morgan fingerprint density at radius 3 is 2.58 bits per heavy atom. The number of aromatic amines is 1. The smallest absolute Gasteiger partial charge is 0.272 e. The lowest BCUT2D eigenvalue weighted by atomic mass is 9.85. The molecule has 2 fully saturated rings. The molecule has 144 valence electrons. The van der Waals surface area contributed by atoms with Gasteiger partial charge in [0.2, 0.25) is 5.91 Å². The summed E-state index contributed by atoms with van der Waals surface area (Å²) >= 11 is 0. The van der Waals surface area contributed by atoms with Crippen LogP contribution < -0.4 is 5.32 Å². The molecule has 1 aromatic heterocycles. The van der Waals surface area contributed by atoms with Crippen molar-refractivity contribution in [3.63, 3.8) is 0 Å². The van der Waals surface area contributed by atoms with Crippen LogP contribution in [0.2, 0.25) is 0 Å². The first kappa shape index (κ1) is 18.9. The lowest BCUT2D eigenvalue weighted by Gasteiger charge is -2.35. The van der Waals surface area contributed by atoms with Crippen molar-refractivity contribution in [2.24, 2.45) is 29.6 Å². The fraction of sp³-hybridized carbons (Fsp3) is 0.737. The summed E-state index contributed by atoms with van der Waals surface area (Å²) in [5, 5.41) is 8.67. The summed E-state index contributed by atoms with van der Waals surface area (Å²) in [7, 11) is 0. The van der Waals surface area contributed by atoms with E-state index in [9.17, 15) is 14.0 Å². The minimum Gasteiger partial charge on any atom is -0.350 e. The van der Waals surface area contributed by atoms with Crippen LogP contribution in [-0.2, 0) is 4.79 Å². The third-order valence-electron chi connectivity index (χ3n) is 6.07. The van der Waals surface area contributed by atoms with Crippen molar-refractivity contribution >= 4 is 11.8 Å². The number of piperidine rings is 1. The molecule has 1 aliphatic carbocycles. The number of rotatable bonds is 6. The normalized spacial score (nSPS) is 24.6. The zero-order valence-electron chi connectivity index (χ0n) is 15.8. The molecule has 0 aromatic carbocycles. The highest BCUT2D eigenvalue weighted by Crippen LogP contribution is 2.45. The number of likely N-dealkylation sites (tertiary alicyclic amines) is 1. The number of hydrogen-bond donors (Lipinski definition) is 2. The Morgan fingerprint density at radius 2 is 2.04 bits per heavy atom. The van der Waals surface area contributed by atoms with Gasteiger partial charge in [-0.1, -0.05) is 20.8 Å². The molecule has 2 heterocycles. The Bertz CT molecular complexity index is 652. The molecule has 3 rings (SSSR count). The molecule has 1 aromatic rings. The minimum absolute atomic E-state index is 0.123. The maximum Gasteiger partial charge on any atom is 0.272 e. The van der Waals surface area contributed by atoms with Crippen molar-refractivity contribution in [1.82, 2.24) is 20.4 Å². The average molecular weight is 364 g/mol. The van der Waals surface area contributed by atoms with Crippen LogP contribution in [0.3, 0.4) is 0 Å². The zero-order valence-corrected chi connectivity index (χ0v) is 15.8. The lowest BCUT2D eigenvalue weighted by molar-refractivity contribution is -0.134. The van der Waals surface area contributed by atoms with E-state index < -0.39 is 11.7 Å². The van der Waals surface area contributed by atoms with Gasteiger partial charge in [0.05, 0.1) is 6.20 Å². The molecule has 3 atom stereocenters. The van der Waals surface area contributed by atoms with E-state index in [2.05, 4.69) is 36.3 Å². The van der Waals surface area contributed by atoms with E-state index in [1.165, 1.54) is 0 Å². The monoisotopic (exact) mass is 364 g/mol. The van der Waals surface area contributed by atoms with Crippen molar-refractivity contribution in [3.05, 3.63) is 17.7 Å². The fourth-order valence-corrected chi connectivity index (χ4v) is 4.10. The van der Waals surface area contributed by atoms with Gasteiger partial charge in [-0.15, -0.1) is 0 Å². The number of nitrogens with one attached hydrogen (secondary N) is 2. The van der Waals surface area contributed by atoms with Crippen LogP contribution in [0.25, 0.3) is 0 Å². The molecule has 0 spiro atoms. The highest BCUT2D eigenvalue weighted by Gasteiger charge is 2.46. The summed E-state index contributed by atoms with van der Waals surface area (Å²) in [6.45, 7) is 8.58. The molecule has 1 unspecified atom stereocenters. The van der Waals surface area contributed by atoms with Gasteiger partial charge in [-0.05, 0) is 42.9 Å². The van der Waals surface area contributed by atoms with Crippen LogP contribution in [0.4, 0.5) is 4.39 Å². The van der Waals surface area contributed by atoms with Gasteiger partial charge in [0, 0.05) is 25.6 Å². The third-order valence-corrected chi connectivity index (χ3v) is 6.07. The second-order valence-electron chi connectivity index (χ2n) is 8.19. The van der Waals surface area contributed by atoms with E-state index in [0.717, 1.165) is 38.5 Å². The van der Waals surface area contributed by atoms with Crippen molar-refractivity contribution in [3.8, 4) is 0 Å². The number of H-pyrrole nitrogens is 1. The SMILES string of the molecule is CC(CNC(=O)c1[nH]ncc1F)C1CCN(C(=O)[C@@H]2C[C@H]2C(C)C)CC1. The second kappa shape index (κ2) is 7.76. The first-order valence-electron chi connectivity index (χ1n) is 9.64. The lowest BCUT2D eigenvalue weighted by Crippen LogP contribution is -2.42. The summed E-state index contributed by atoms with van der Waals surface area (Å²) in [5.74, 6) is 1.37. The van der Waals surface area contributed by atoms with E-state index in [4.69, 9.17) is 0 Å². The van der Waals surface area contributed by atoms with Crippen LogP contribution in [0, 0.1) is 35.4 Å². The molecule has 2 N–H and O–H groups in total. The molecule has 1 aliphatic heterocycles. The standard InChI is InChI=1S/C19H29FN4O2/c1-11(2)14-8-15(14)19(26)24-6-4-13(5-7-24)12(3)9-21-18(25)17-16(20)10-22-23-17/h10-15H,4-9H2,1-3H3,(H,21,25)(H,22,23)/t12?,14-,15+/m0/s1. The van der Waals surface area contributed by atoms with Crippen LogP contribution in [0.15, 0.2) is 6.20 Å². The zero-order chi connectivity index (χ0) is 18.8. The van der Waals surface area contributed by atoms with Gasteiger partial charge < -0.3 is 10.2 Å². The molecule has 26 heavy (non-hydrogen) atoms. The Morgan fingerprint density at radius 1 is 1.35 bits per heavy atom.